The van der Waals surface area contributed by atoms with Gasteiger partial charge in [-0.3, -0.25) is 0 Å². The number of hydrogen-bond donors (Lipinski definition) is 1. The Balaban J connectivity index is 1.89. The van der Waals surface area contributed by atoms with E-state index in [9.17, 15) is 13.2 Å². The molecule has 0 aromatic heterocycles. The van der Waals surface area contributed by atoms with E-state index >= 15 is 0 Å². The maximum atomic E-state index is 12.3. The number of halogens is 1. The Morgan fingerprint density at radius 3 is 2.65 bits per heavy atom. The van der Waals surface area contributed by atoms with Gasteiger partial charge in [-0.15, -0.1) is 0 Å². The molecular formula is C18H20BrNO5S. The lowest BCUT2D eigenvalue weighted by atomic mass is 10.1. The van der Waals surface area contributed by atoms with Crippen LogP contribution in [0.15, 0.2) is 57.9 Å². The maximum absolute atomic E-state index is 12.3. The van der Waals surface area contributed by atoms with E-state index in [0.29, 0.717) is 23.2 Å². The van der Waals surface area contributed by atoms with Crippen LogP contribution >= 0.6 is 15.9 Å². The first-order chi connectivity index (χ1) is 12.4. The third kappa shape index (κ3) is 6.44. The van der Waals surface area contributed by atoms with Crippen molar-refractivity contribution in [2.75, 3.05) is 19.8 Å². The monoisotopic (exact) mass is 441 g/mol. The Bertz CT molecular complexity index is 854. The average molecular weight is 442 g/mol. The summed E-state index contributed by atoms with van der Waals surface area (Å²) in [5, 5.41) is 0. The van der Waals surface area contributed by atoms with Gasteiger partial charge in [0.05, 0.1) is 11.5 Å². The molecule has 1 N–H and O–H groups in total. The molecule has 0 aliphatic heterocycles. The van der Waals surface area contributed by atoms with Crippen molar-refractivity contribution in [1.82, 2.24) is 4.72 Å². The summed E-state index contributed by atoms with van der Waals surface area (Å²) in [5.74, 6) is 0.102. The van der Waals surface area contributed by atoms with Gasteiger partial charge in [0.15, 0.2) is 6.61 Å². The zero-order chi connectivity index (χ0) is 19.0. The summed E-state index contributed by atoms with van der Waals surface area (Å²) in [6, 6.07) is 13.7. The molecule has 0 radical (unpaired) electrons. The number of esters is 1. The number of carbonyl (C=O) groups is 1. The van der Waals surface area contributed by atoms with Gasteiger partial charge in [0.25, 0.3) is 0 Å². The molecule has 2 aromatic carbocycles. The van der Waals surface area contributed by atoms with Crippen LogP contribution in [0.5, 0.6) is 5.75 Å². The molecule has 2 aromatic rings. The van der Waals surface area contributed by atoms with Gasteiger partial charge >= 0.3 is 5.97 Å². The highest BCUT2D eigenvalue weighted by Crippen LogP contribution is 2.16. The molecule has 6 nitrogen and oxygen atoms in total. The Kier molecular flexibility index (Phi) is 7.62. The molecule has 0 spiro atoms. The maximum Gasteiger partial charge on any atom is 0.344 e. The number of nitrogens with one attached hydrogen (secondary N) is 1. The molecule has 0 aliphatic rings. The van der Waals surface area contributed by atoms with Crippen LogP contribution in [0.4, 0.5) is 0 Å². The van der Waals surface area contributed by atoms with Crippen molar-refractivity contribution in [3.05, 3.63) is 58.6 Å². The van der Waals surface area contributed by atoms with Gasteiger partial charge in [0, 0.05) is 11.0 Å². The summed E-state index contributed by atoms with van der Waals surface area (Å²) in [6.45, 7) is 2.12. The molecule has 0 heterocycles. The average Bonchev–Trinajstić information content (AvgIpc) is 2.60. The Labute approximate surface area is 161 Å². The third-order valence-corrected chi connectivity index (χ3v) is 5.32. The fourth-order valence-electron chi connectivity index (χ4n) is 2.18. The van der Waals surface area contributed by atoms with Crippen molar-refractivity contribution < 1.29 is 22.7 Å². The second-order valence-electron chi connectivity index (χ2n) is 5.35. The van der Waals surface area contributed by atoms with E-state index in [1.165, 1.54) is 6.07 Å². The van der Waals surface area contributed by atoms with E-state index in [1.807, 2.05) is 6.07 Å². The minimum absolute atomic E-state index is 0.160. The fourth-order valence-corrected chi connectivity index (χ4v) is 3.81. The van der Waals surface area contributed by atoms with E-state index < -0.39 is 16.0 Å². The van der Waals surface area contributed by atoms with E-state index in [1.54, 1.807) is 43.3 Å². The highest BCUT2D eigenvalue weighted by molar-refractivity contribution is 9.10. The van der Waals surface area contributed by atoms with Crippen LogP contribution in [0.2, 0.25) is 0 Å². The molecule has 0 aliphatic carbocycles. The number of benzene rings is 2. The van der Waals surface area contributed by atoms with Crippen molar-refractivity contribution in [3.8, 4) is 5.75 Å². The van der Waals surface area contributed by atoms with Gasteiger partial charge in [0.1, 0.15) is 5.75 Å². The van der Waals surface area contributed by atoms with E-state index in [-0.39, 0.29) is 18.0 Å². The second-order valence-corrected chi connectivity index (χ2v) is 8.03. The largest absolute Gasteiger partial charge is 0.482 e. The van der Waals surface area contributed by atoms with Crippen LogP contribution in [-0.2, 0) is 26.0 Å². The molecule has 0 fully saturated rings. The first-order valence-electron chi connectivity index (χ1n) is 8.03. The number of rotatable bonds is 9. The van der Waals surface area contributed by atoms with Crippen molar-refractivity contribution >= 4 is 31.9 Å². The highest BCUT2D eigenvalue weighted by atomic mass is 79.9. The quantitative estimate of drug-likeness (QED) is 0.604. The minimum Gasteiger partial charge on any atom is -0.482 e. The number of hydrogen-bond acceptors (Lipinski definition) is 5. The molecule has 2 rings (SSSR count). The number of ether oxygens (including phenoxy) is 2. The van der Waals surface area contributed by atoms with Crippen LogP contribution in [0.25, 0.3) is 0 Å². The predicted molar refractivity (Wildman–Crippen MR) is 102 cm³/mol. The molecule has 0 amide bonds. The molecule has 0 saturated carbocycles. The summed E-state index contributed by atoms with van der Waals surface area (Å²) in [7, 11) is -3.56. The summed E-state index contributed by atoms with van der Waals surface area (Å²) in [6.07, 6.45) is 0.490. The van der Waals surface area contributed by atoms with Crippen molar-refractivity contribution in [2.24, 2.45) is 0 Å². The van der Waals surface area contributed by atoms with Crippen LogP contribution in [0.1, 0.15) is 12.5 Å². The zero-order valence-electron chi connectivity index (χ0n) is 14.3. The predicted octanol–water partition coefficient (Wildman–Crippen LogP) is 2.91. The molecule has 26 heavy (non-hydrogen) atoms. The third-order valence-electron chi connectivity index (χ3n) is 3.37. The lowest BCUT2D eigenvalue weighted by Gasteiger charge is -2.09. The number of carbonyl (C=O) groups excluding carboxylic acids is 1. The normalized spacial score (nSPS) is 11.2. The van der Waals surface area contributed by atoms with E-state index in [2.05, 4.69) is 20.7 Å². The second kappa shape index (κ2) is 9.70. The van der Waals surface area contributed by atoms with Gasteiger partial charge in [-0.05, 0) is 49.2 Å². The van der Waals surface area contributed by atoms with Crippen molar-refractivity contribution in [2.45, 2.75) is 18.2 Å². The summed E-state index contributed by atoms with van der Waals surface area (Å²) in [4.78, 5) is 11.5. The summed E-state index contributed by atoms with van der Waals surface area (Å²) in [5.41, 5.74) is 0.892. The van der Waals surface area contributed by atoms with Gasteiger partial charge in [-0.2, -0.15) is 0 Å². The molecule has 0 saturated heterocycles. The van der Waals surface area contributed by atoms with Crippen molar-refractivity contribution in [1.29, 1.82) is 0 Å². The molecule has 0 bridgehead atoms. The Hall–Kier alpha value is -1.90. The molecule has 8 heteroatoms. The summed E-state index contributed by atoms with van der Waals surface area (Å²) < 4.78 is 38.0. The van der Waals surface area contributed by atoms with Crippen LogP contribution in [-0.4, -0.2) is 34.1 Å². The minimum atomic E-state index is -3.56. The van der Waals surface area contributed by atoms with Gasteiger partial charge in [-0.25, -0.2) is 17.9 Å². The van der Waals surface area contributed by atoms with Gasteiger partial charge in [-0.1, -0.05) is 34.1 Å². The van der Waals surface area contributed by atoms with Crippen LogP contribution in [0.3, 0.4) is 0 Å². The van der Waals surface area contributed by atoms with Crippen molar-refractivity contribution in [3.63, 3.8) is 0 Å². The molecule has 140 valence electrons. The highest BCUT2D eigenvalue weighted by Gasteiger charge is 2.13. The van der Waals surface area contributed by atoms with Gasteiger partial charge < -0.3 is 9.47 Å². The summed E-state index contributed by atoms with van der Waals surface area (Å²) >= 11 is 3.26. The standard InChI is InChI=1S/C18H20BrNO5S/c1-2-24-18(21)13-25-16-7-3-5-14(11-16)9-10-20-26(22,23)17-8-4-6-15(19)12-17/h3-8,11-12,20H,2,9-10,13H2,1H3. The number of sulfonamides is 1. The lowest BCUT2D eigenvalue weighted by molar-refractivity contribution is -0.145. The molecular weight excluding hydrogens is 422 g/mol. The lowest BCUT2D eigenvalue weighted by Crippen LogP contribution is -2.26. The van der Waals surface area contributed by atoms with Crippen LogP contribution < -0.4 is 9.46 Å². The fraction of sp³-hybridized carbons (Fsp3) is 0.278. The first-order valence-corrected chi connectivity index (χ1v) is 10.3. The SMILES string of the molecule is CCOC(=O)COc1cccc(CCNS(=O)(=O)c2cccc(Br)c2)c1. The van der Waals surface area contributed by atoms with Crippen LogP contribution in [0, 0.1) is 0 Å². The molecule has 0 unspecified atom stereocenters. The molecule has 0 atom stereocenters. The Morgan fingerprint density at radius 1 is 1.15 bits per heavy atom. The Morgan fingerprint density at radius 2 is 1.92 bits per heavy atom. The van der Waals surface area contributed by atoms with E-state index in [0.717, 1.165) is 5.56 Å². The topological polar surface area (TPSA) is 81.7 Å². The first kappa shape index (κ1) is 20.4. The zero-order valence-corrected chi connectivity index (χ0v) is 16.7. The van der Waals surface area contributed by atoms with E-state index in [4.69, 9.17) is 9.47 Å². The smallest absolute Gasteiger partial charge is 0.344 e. The van der Waals surface area contributed by atoms with Gasteiger partial charge in [0.2, 0.25) is 10.0 Å².